The summed E-state index contributed by atoms with van der Waals surface area (Å²) >= 11 is 0. The first-order valence-electron chi connectivity index (χ1n) is 6.30. The zero-order valence-electron chi connectivity index (χ0n) is 12.0. The largest absolute Gasteiger partial charge is 0.496 e. The lowest BCUT2D eigenvalue weighted by Crippen LogP contribution is -2.29. The first-order valence-corrected chi connectivity index (χ1v) is 6.30. The van der Waals surface area contributed by atoms with Gasteiger partial charge in [0, 0.05) is 13.7 Å². The lowest BCUT2D eigenvalue weighted by molar-refractivity contribution is 0.0587. The molecule has 0 saturated carbocycles. The number of hydrogen-bond acceptors (Lipinski definition) is 5. The van der Waals surface area contributed by atoms with Gasteiger partial charge in [0.1, 0.15) is 17.1 Å². The highest BCUT2D eigenvalue weighted by Crippen LogP contribution is 2.27. The third-order valence-corrected chi connectivity index (χ3v) is 2.78. The maximum atomic E-state index is 12.2. The number of carbonyl (C=O) groups excluding carboxylic acids is 1. The van der Waals surface area contributed by atoms with E-state index in [1.165, 1.54) is 21.3 Å². The Kier molecular flexibility index (Phi) is 6.83. The molecule has 0 saturated heterocycles. The number of rotatable bonds is 8. The molecule has 0 spiro atoms. The van der Waals surface area contributed by atoms with Crippen molar-refractivity contribution in [1.29, 1.82) is 0 Å². The van der Waals surface area contributed by atoms with Gasteiger partial charge in [0.15, 0.2) is 0 Å². The van der Waals surface area contributed by atoms with E-state index in [0.29, 0.717) is 30.0 Å². The molecule has 0 aliphatic rings. The number of benzene rings is 1. The van der Waals surface area contributed by atoms with Crippen LogP contribution in [0.5, 0.6) is 11.5 Å². The number of carbonyl (C=O) groups is 1. The summed E-state index contributed by atoms with van der Waals surface area (Å²) in [5, 5.41) is 12.2. The van der Waals surface area contributed by atoms with Crippen LogP contribution in [0.3, 0.4) is 0 Å². The van der Waals surface area contributed by atoms with Gasteiger partial charge in [-0.15, -0.1) is 0 Å². The van der Waals surface area contributed by atoms with Crippen molar-refractivity contribution in [3.8, 4) is 11.5 Å². The smallest absolute Gasteiger partial charge is 0.258 e. The Morgan fingerprint density at radius 2 is 1.85 bits per heavy atom. The van der Waals surface area contributed by atoms with E-state index in [2.05, 4.69) is 5.32 Å². The second kappa shape index (κ2) is 8.39. The molecule has 0 aliphatic heterocycles. The molecule has 1 aromatic carbocycles. The minimum absolute atomic E-state index is 0.244. The van der Waals surface area contributed by atoms with Crippen LogP contribution in [0.4, 0.5) is 0 Å². The van der Waals surface area contributed by atoms with Crippen molar-refractivity contribution in [3.05, 3.63) is 23.8 Å². The Morgan fingerprint density at radius 3 is 2.35 bits per heavy atom. The summed E-state index contributed by atoms with van der Waals surface area (Å²) in [6, 6.07) is 5.13. The van der Waals surface area contributed by atoms with Gasteiger partial charge in [-0.05, 0) is 18.6 Å². The van der Waals surface area contributed by atoms with Gasteiger partial charge in [-0.25, -0.2) is 0 Å². The van der Waals surface area contributed by atoms with Gasteiger partial charge in [-0.3, -0.25) is 4.79 Å². The Labute approximate surface area is 118 Å². The maximum absolute atomic E-state index is 12.2. The minimum Gasteiger partial charge on any atom is -0.496 e. The molecule has 0 aliphatic carbocycles. The van der Waals surface area contributed by atoms with Crippen LogP contribution in [0.2, 0.25) is 0 Å². The van der Waals surface area contributed by atoms with Gasteiger partial charge >= 0.3 is 0 Å². The molecule has 1 atom stereocenters. The molecule has 112 valence electrons. The second-order valence-corrected chi connectivity index (χ2v) is 4.19. The summed E-state index contributed by atoms with van der Waals surface area (Å²) in [5.74, 6) is 0.586. The van der Waals surface area contributed by atoms with Crippen LogP contribution in [0.1, 0.15) is 16.8 Å². The van der Waals surface area contributed by atoms with Gasteiger partial charge in [-0.2, -0.15) is 0 Å². The maximum Gasteiger partial charge on any atom is 0.258 e. The molecule has 1 amide bonds. The van der Waals surface area contributed by atoms with E-state index in [1.807, 2.05) is 0 Å². The van der Waals surface area contributed by atoms with E-state index in [-0.39, 0.29) is 12.5 Å². The highest BCUT2D eigenvalue weighted by molar-refractivity contribution is 5.99. The number of nitrogens with one attached hydrogen (secondary N) is 1. The molecule has 1 unspecified atom stereocenters. The van der Waals surface area contributed by atoms with E-state index < -0.39 is 6.10 Å². The summed E-state index contributed by atoms with van der Waals surface area (Å²) < 4.78 is 15.1. The number of aliphatic hydroxyl groups is 1. The lowest BCUT2D eigenvalue weighted by Gasteiger charge is -2.14. The average Bonchev–Trinajstić information content (AvgIpc) is 2.46. The summed E-state index contributed by atoms with van der Waals surface area (Å²) in [6.07, 6.45) is -0.184. The normalized spacial score (nSPS) is 11.8. The Hall–Kier alpha value is -1.79. The Morgan fingerprint density at radius 1 is 1.25 bits per heavy atom. The number of ether oxygens (including phenoxy) is 3. The zero-order valence-corrected chi connectivity index (χ0v) is 12.0. The molecule has 2 N–H and O–H groups in total. The fourth-order valence-corrected chi connectivity index (χ4v) is 1.79. The minimum atomic E-state index is -0.597. The van der Waals surface area contributed by atoms with Crippen molar-refractivity contribution in [3.63, 3.8) is 0 Å². The van der Waals surface area contributed by atoms with E-state index in [1.54, 1.807) is 18.2 Å². The van der Waals surface area contributed by atoms with Crippen LogP contribution in [-0.2, 0) is 4.74 Å². The molecule has 1 aromatic rings. The first kappa shape index (κ1) is 16.3. The molecular formula is C14H21NO5. The van der Waals surface area contributed by atoms with Crippen LogP contribution < -0.4 is 14.8 Å². The highest BCUT2D eigenvalue weighted by Gasteiger charge is 2.17. The lowest BCUT2D eigenvalue weighted by atomic mass is 10.1. The molecule has 0 radical (unpaired) electrons. The van der Waals surface area contributed by atoms with Crippen molar-refractivity contribution in [2.75, 3.05) is 34.5 Å². The quantitative estimate of drug-likeness (QED) is 0.739. The molecule has 6 heteroatoms. The van der Waals surface area contributed by atoms with Crippen molar-refractivity contribution in [2.24, 2.45) is 0 Å². The van der Waals surface area contributed by atoms with Gasteiger partial charge in [0.2, 0.25) is 0 Å². The fraction of sp³-hybridized carbons (Fsp3) is 0.500. The van der Waals surface area contributed by atoms with Crippen LogP contribution in [0, 0.1) is 0 Å². The zero-order chi connectivity index (χ0) is 15.0. The number of hydrogen-bond donors (Lipinski definition) is 2. The first-order chi connectivity index (χ1) is 9.63. The van der Waals surface area contributed by atoms with Gasteiger partial charge in [0.25, 0.3) is 5.91 Å². The monoisotopic (exact) mass is 283 g/mol. The summed E-state index contributed by atoms with van der Waals surface area (Å²) in [4.78, 5) is 12.2. The van der Waals surface area contributed by atoms with Gasteiger partial charge in [-0.1, -0.05) is 6.07 Å². The Bertz CT molecular complexity index is 413. The third-order valence-electron chi connectivity index (χ3n) is 2.78. The molecule has 0 aromatic heterocycles. The number of aliphatic hydroxyl groups excluding tert-OH is 1. The predicted molar refractivity (Wildman–Crippen MR) is 74.4 cm³/mol. The number of amides is 1. The van der Waals surface area contributed by atoms with Gasteiger partial charge < -0.3 is 24.6 Å². The fourth-order valence-electron chi connectivity index (χ4n) is 1.79. The van der Waals surface area contributed by atoms with Crippen molar-refractivity contribution < 1.29 is 24.1 Å². The second-order valence-electron chi connectivity index (χ2n) is 4.19. The molecule has 20 heavy (non-hydrogen) atoms. The molecule has 6 nitrogen and oxygen atoms in total. The van der Waals surface area contributed by atoms with Crippen molar-refractivity contribution in [1.82, 2.24) is 5.32 Å². The van der Waals surface area contributed by atoms with E-state index in [9.17, 15) is 9.90 Å². The summed E-state index contributed by atoms with van der Waals surface area (Å²) in [5.41, 5.74) is 0.346. The summed E-state index contributed by atoms with van der Waals surface area (Å²) in [6.45, 7) is 0.582. The summed E-state index contributed by atoms with van der Waals surface area (Å²) in [7, 11) is 4.50. The van der Waals surface area contributed by atoms with Crippen molar-refractivity contribution >= 4 is 5.91 Å². The predicted octanol–water partition coefficient (Wildman–Crippen LogP) is 0.831. The highest BCUT2D eigenvalue weighted by atomic mass is 16.5. The van der Waals surface area contributed by atoms with Crippen LogP contribution in [-0.4, -0.2) is 51.6 Å². The van der Waals surface area contributed by atoms with Gasteiger partial charge in [0.05, 0.1) is 26.9 Å². The van der Waals surface area contributed by atoms with Crippen LogP contribution in [0.15, 0.2) is 18.2 Å². The average molecular weight is 283 g/mol. The molecule has 0 heterocycles. The topological polar surface area (TPSA) is 77.0 Å². The SMILES string of the molecule is COCC(O)CCNC(=O)c1c(OC)cccc1OC. The van der Waals surface area contributed by atoms with E-state index in [4.69, 9.17) is 14.2 Å². The Balaban J connectivity index is 2.67. The van der Waals surface area contributed by atoms with E-state index in [0.717, 1.165) is 0 Å². The molecule has 0 bridgehead atoms. The third kappa shape index (κ3) is 4.40. The van der Waals surface area contributed by atoms with Crippen LogP contribution in [0.25, 0.3) is 0 Å². The molecular weight excluding hydrogens is 262 g/mol. The molecule has 1 rings (SSSR count). The molecule has 0 fully saturated rings. The van der Waals surface area contributed by atoms with Crippen molar-refractivity contribution in [2.45, 2.75) is 12.5 Å². The van der Waals surface area contributed by atoms with Crippen LogP contribution >= 0.6 is 0 Å². The standard InChI is InChI=1S/C14H21NO5/c1-18-9-10(16)7-8-15-14(17)13-11(19-2)5-4-6-12(13)20-3/h4-6,10,16H,7-9H2,1-3H3,(H,15,17). The van der Waals surface area contributed by atoms with E-state index >= 15 is 0 Å². The number of methoxy groups -OCH3 is 3.